The average Bonchev–Trinajstić information content (AvgIpc) is 2.35. The number of nitriles is 1. The zero-order valence-corrected chi connectivity index (χ0v) is 10.6. The molecular weight excluding hydrogens is 220 g/mol. The summed E-state index contributed by atoms with van der Waals surface area (Å²) in [5, 5.41) is 9.41. The highest BCUT2D eigenvalue weighted by Crippen LogP contribution is 2.27. The quantitative estimate of drug-likeness (QED) is 0.811. The summed E-state index contributed by atoms with van der Waals surface area (Å²) in [6.45, 7) is 4.10. The van der Waals surface area contributed by atoms with Gasteiger partial charge in [0.05, 0.1) is 12.0 Å². The highest BCUT2D eigenvalue weighted by atomic mass is 14.5. The Morgan fingerprint density at radius 1 is 1.06 bits per heavy atom. The van der Waals surface area contributed by atoms with E-state index in [9.17, 15) is 5.26 Å². The molecule has 0 amide bonds. The van der Waals surface area contributed by atoms with E-state index < -0.39 is 0 Å². The van der Waals surface area contributed by atoms with Crippen LogP contribution in [0.15, 0.2) is 42.5 Å². The second kappa shape index (κ2) is 4.93. The van der Waals surface area contributed by atoms with E-state index in [0.29, 0.717) is 0 Å². The fourth-order valence-electron chi connectivity index (χ4n) is 2.16. The van der Waals surface area contributed by atoms with Crippen LogP contribution in [-0.2, 0) is 0 Å². The molecule has 2 heteroatoms. The summed E-state index contributed by atoms with van der Waals surface area (Å²) < 4.78 is 0. The van der Waals surface area contributed by atoms with Crippen molar-refractivity contribution in [2.24, 2.45) is 0 Å². The Labute approximate surface area is 108 Å². The number of rotatable bonds is 2. The van der Waals surface area contributed by atoms with Crippen LogP contribution in [0.5, 0.6) is 0 Å². The molecule has 0 spiro atoms. The molecule has 0 aliphatic heterocycles. The topological polar surface area (TPSA) is 49.8 Å². The van der Waals surface area contributed by atoms with Crippen molar-refractivity contribution in [3.63, 3.8) is 0 Å². The fourth-order valence-corrected chi connectivity index (χ4v) is 2.16. The van der Waals surface area contributed by atoms with Gasteiger partial charge in [-0.15, -0.1) is 0 Å². The maximum absolute atomic E-state index is 9.41. The lowest BCUT2D eigenvalue weighted by Gasteiger charge is -2.13. The zero-order chi connectivity index (χ0) is 13.1. The largest absolute Gasteiger partial charge is 0.399 e. The van der Waals surface area contributed by atoms with E-state index in [-0.39, 0.29) is 5.92 Å². The van der Waals surface area contributed by atoms with Crippen LogP contribution in [0.2, 0.25) is 0 Å². The van der Waals surface area contributed by atoms with Gasteiger partial charge in [-0.25, -0.2) is 0 Å². The van der Waals surface area contributed by atoms with Crippen molar-refractivity contribution in [1.29, 1.82) is 5.26 Å². The highest BCUT2D eigenvalue weighted by Gasteiger charge is 2.15. The molecule has 2 aromatic carbocycles. The molecule has 0 bridgehead atoms. The lowest BCUT2D eigenvalue weighted by Crippen LogP contribution is -2.01. The number of nitrogens with zero attached hydrogens (tertiary/aromatic N) is 1. The van der Waals surface area contributed by atoms with E-state index >= 15 is 0 Å². The van der Waals surface area contributed by atoms with Crippen LogP contribution in [-0.4, -0.2) is 0 Å². The predicted octanol–water partition coefficient (Wildman–Crippen LogP) is 3.54. The van der Waals surface area contributed by atoms with Crippen LogP contribution in [0.4, 0.5) is 5.69 Å². The number of anilines is 1. The van der Waals surface area contributed by atoms with Crippen LogP contribution in [0.3, 0.4) is 0 Å². The van der Waals surface area contributed by atoms with Gasteiger partial charge in [-0.1, -0.05) is 35.9 Å². The van der Waals surface area contributed by atoms with Crippen LogP contribution in [0.25, 0.3) is 0 Å². The predicted molar refractivity (Wildman–Crippen MR) is 74.2 cm³/mol. The molecule has 0 aliphatic rings. The van der Waals surface area contributed by atoms with E-state index in [4.69, 9.17) is 5.73 Å². The second-order valence-electron chi connectivity index (χ2n) is 4.59. The third kappa shape index (κ3) is 2.36. The molecule has 0 aromatic heterocycles. The van der Waals surface area contributed by atoms with Gasteiger partial charge in [-0.05, 0) is 42.7 Å². The summed E-state index contributed by atoms with van der Waals surface area (Å²) in [5.41, 5.74) is 10.8. The molecule has 2 aromatic rings. The molecule has 2 rings (SSSR count). The monoisotopic (exact) mass is 236 g/mol. The average molecular weight is 236 g/mol. The second-order valence-corrected chi connectivity index (χ2v) is 4.59. The molecule has 0 radical (unpaired) electrons. The fraction of sp³-hybridized carbons (Fsp3) is 0.188. The summed E-state index contributed by atoms with van der Waals surface area (Å²) in [5.74, 6) is -0.230. The van der Waals surface area contributed by atoms with E-state index in [1.807, 2.05) is 43.3 Å². The van der Waals surface area contributed by atoms with Crippen LogP contribution in [0, 0.1) is 25.2 Å². The van der Waals surface area contributed by atoms with Gasteiger partial charge < -0.3 is 5.73 Å². The molecule has 1 unspecified atom stereocenters. The lowest BCUT2D eigenvalue weighted by atomic mass is 9.89. The smallest absolute Gasteiger partial charge is 0.0965 e. The van der Waals surface area contributed by atoms with Gasteiger partial charge in [-0.2, -0.15) is 5.26 Å². The molecule has 2 nitrogen and oxygen atoms in total. The van der Waals surface area contributed by atoms with Gasteiger partial charge >= 0.3 is 0 Å². The van der Waals surface area contributed by atoms with Crippen molar-refractivity contribution in [2.75, 3.05) is 5.73 Å². The minimum Gasteiger partial charge on any atom is -0.399 e. The van der Waals surface area contributed by atoms with Crippen molar-refractivity contribution in [1.82, 2.24) is 0 Å². The van der Waals surface area contributed by atoms with Crippen molar-refractivity contribution in [2.45, 2.75) is 19.8 Å². The Hall–Kier alpha value is -2.27. The van der Waals surface area contributed by atoms with E-state index in [1.54, 1.807) is 0 Å². The molecule has 90 valence electrons. The molecule has 1 atom stereocenters. The summed E-state index contributed by atoms with van der Waals surface area (Å²) in [4.78, 5) is 0. The third-order valence-electron chi connectivity index (χ3n) is 3.14. The van der Waals surface area contributed by atoms with Crippen molar-refractivity contribution in [3.05, 3.63) is 64.7 Å². The van der Waals surface area contributed by atoms with Crippen molar-refractivity contribution < 1.29 is 0 Å². The number of nitrogen functional groups attached to an aromatic ring is 1. The molecule has 0 fully saturated rings. The van der Waals surface area contributed by atoms with Gasteiger partial charge in [0.15, 0.2) is 0 Å². The molecular formula is C16H16N2. The molecule has 0 saturated heterocycles. The Morgan fingerprint density at radius 3 is 2.28 bits per heavy atom. The Bertz CT molecular complexity index is 591. The first-order chi connectivity index (χ1) is 8.61. The molecule has 2 N–H and O–H groups in total. The Morgan fingerprint density at radius 2 is 1.72 bits per heavy atom. The number of hydrogen-bond acceptors (Lipinski definition) is 2. The molecule has 0 saturated carbocycles. The highest BCUT2D eigenvalue weighted by molar-refractivity contribution is 5.47. The minimum atomic E-state index is -0.230. The first kappa shape index (κ1) is 12.2. The molecule has 18 heavy (non-hydrogen) atoms. The summed E-state index contributed by atoms with van der Waals surface area (Å²) in [6.07, 6.45) is 0. The number of nitrogens with two attached hydrogens (primary N) is 1. The van der Waals surface area contributed by atoms with Gasteiger partial charge in [0, 0.05) is 5.69 Å². The van der Waals surface area contributed by atoms with Crippen LogP contribution >= 0.6 is 0 Å². The van der Waals surface area contributed by atoms with E-state index in [0.717, 1.165) is 22.4 Å². The summed E-state index contributed by atoms with van der Waals surface area (Å²) in [6, 6.07) is 16.1. The Kier molecular flexibility index (Phi) is 3.34. The van der Waals surface area contributed by atoms with E-state index in [1.165, 1.54) is 5.56 Å². The molecule has 0 aliphatic carbocycles. The van der Waals surface area contributed by atoms with Crippen molar-refractivity contribution >= 4 is 5.69 Å². The molecule has 0 heterocycles. The van der Waals surface area contributed by atoms with Crippen LogP contribution < -0.4 is 5.73 Å². The Balaban J connectivity index is 2.46. The SMILES string of the molecule is Cc1ccc(C(C#N)c2ccc(N)cc2)c(C)c1. The summed E-state index contributed by atoms with van der Waals surface area (Å²) in [7, 11) is 0. The first-order valence-electron chi connectivity index (χ1n) is 5.94. The normalized spacial score (nSPS) is 11.8. The third-order valence-corrected chi connectivity index (χ3v) is 3.14. The van der Waals surface area contributed by atoms with Crippen LogP contribution in [0.1, 0.15) is 28.2 Å². The maximum Gasteiger partial charge on any atom is 0.0965 e. The van der Waals surface area contributed by atoms with E-state index in [2.05, 4.69) is 19.1 Å². The maximum atomic E-state index is 9.41. The standard InChI is InChI=1S/C16H16N2/c1-11-3-8-15(12(2)9-11)16(10-17)13-4-6-14(18)7-5-13/h3-9,16H,18H2,1-2H3. The van der Waals surface area contributed by atoms with Crippen molar-refractivity contribution in [3.8, 4) is 6.07 Å². The zero-order valence-electron chi connectivity index (χ0n) is 10.6. The first-order valence-corrected chi connectivity index (χ1v) is 5.94. The van der Waals surface area contributed by atoms with Gasteiger partial charge in [0.25, 0.3) is 0 Å². The minimum absolute atomic E-state index is 0.230. The lowest BCUT2D eigenvalue weighted by molar-refractivity contribution is 1.02. The van der Waals surface area contributed by atoms with Gasteiger partial charge in [0.1, 0.15) is 0 Å². The number of benzene rings is 2. The van der Waals surface area contributed by atoms with Gasteiger partial charge in [-0.3, -0.25) is 0 Å². The summed E-state index contributed by atoms with van der Waals surface area (Å²) >= 11 is 0. The number of hydrogen-bond donors (Lipinski definition) is 1. The van der Waals surface area contributed by atoms with Gasteiger partial charge in [0.2, 0.25) is 0 Å². The number of aryl methyl sites for hydroxylation is 2.